The van der Waals surface area contributed by atoms with Crippen LogP contribution < -0.4 is 16.0 Å². The first-order chi connectivity index (χ1) is 13.2. The van der Waals surface area contributed by atoms with Gasteiger partial charge in [0, 0.05) is 51.0 Å². The number of carbonyl (C=O) groups excluding carboxylic acids is 1. The lowest BCUT2D eigenvalue weighted by molar-refractivity contribution is -0.131. The molecule has 0 unspecified atom stereocenters. The molecule has 3 rings (SSSR count). The number of amides is 1. The molecule has 1 saturated heterocycles. The van der Waals surface area contributed by atoms with Crippen molar-refractivity contribution in [2.45, 2.75) is 51.0 Å². The highest BCUT2D eigenvalue weighted by Gasteiger charge is 2.22. The molecule has 2 aliphatic rings. The zero-order valence-electron chi connectivity index (χ0n) is 16.4. The largest absolute Gasteiger partial charge is 0.370 e. The number of hydrogen-bond acceptors (Lipinski definition) is 5. The zero-order chi connectivity index (χ0) is 18.9. The number of hydrogen-bond donors (Lipinski definition) is 2. The predicted molar refractivity (Wildman–Crippen MR) is 122 cm³/mol. The van der Waals surface area contributed by atoms with E-state index in [1.807, 2.05) is 4.90 Å². The van der Waals surface area contributed by atoms with E-state index in [4.69, 9.17) is 5.73 Å². The van der Waals surface area contributed by atoms with E-state index in [1.165, 1.54) is 25.7 Å². The molecular weight excluding hydrogens is 469 g/mol. The van der Waals surface area contributed by atoms with Gasteiger partial charge in [-0.2, -0.15) is 0 Å². The number of halogens is 1. The second-order valence-corrected chi connectivity index (χ2v) is 7.27. The summed E-state index contributed by atoms with van der Waals surface area (Å²) in [7, 11) is 0. The molecule has 0 radical (unpaired) electrons. The normalized spacial score (nSPS) is 18.9. The van der Waals surface area contributed by atoms with Crippen LogP contribution >= 0.6 is 24.0 Å². The van der Waals surface area contributed by atoms with Crippen molar-refractivity contribution in [3.63, 3.8) is 0 Å². The van der Waals surface area contributed by atoms with E-state index in [0.717, 1.165) is 31.9 Å². The Balaban J connectivity index is 0.00000280. The van der Waals surface area contributed by atoms with E-state index in [9.17, 15) is 4.79 Å². The monoisotopic (exact) mass is 501 g/mol. The molecule has 0 spiro atoms. The summed E-state index contributed by atoms with van der Waals surface area (Å²) in [5, 5.41) is 3.32. The first kappa shape index (κ1) is 22.6. The quantitative estimate of drug-likeness (QED) is 0.276. The number of aromatic nitrogens is 2. The van der Waals surface area contributed by atoms with Gasteiger partial charge in [-0.1, -0.05) is 25.7 Å². The fourth-order valence-electron chi connectivity index (χ4n) is 3.72. The van der Waals surface area contributed by atoms with Crippen molar-refractivity contribution in [3.8, 4) is 0 Å². The van der Waals surface area contributed by atoms with Gasteiger partial charge in [0.15, 0.2) is 5.96 Å². The average molecular weight is 501 g/mol. The Bertz CT molecular complexity index is 612. The number of nitrogens with one attached hydrogen (secondary N) is 1. The molecule has 0 atom stereocenters. The number of aliphatic imine (C=N–C) groups is 1. The van der Waals surface area contributed by atoms with Gasteiger partial charge in [0.2, 0.25) is 11.9 Å². The van der Waals surface area contributed by atoms with Crippen molar-refractivity contribution >= 4 is 41.8 Å². The van der Waals surface area contributed by atoms with Gasteiger partial charge in [0.1, 0.15) is 0 Å². The van der Waals surface area contributed by atoms with Gasteiger partial charge in [-0.3, -0.25) is 9.79 Å². The summed E-state index contributed by atoms with van der Waals surface area (Å²) < 4.78 is 0. The standard InChI is InChI=1S/C19H31N7O.HI/c20-18(24-16-6-3-1-2-4-7-16)21-11-8-17(27)25-12-14-26(15-13-25)19-22-9-5-10-23-19;/h5,9-10,16H,1-4,6-8,11-15H2,(H3,20,21,24);1H. The van der Waals surface area contributed by atoms with Crippen LogP contribution in [-0.4, -0.2) is 65.5 Å². The maximum absolute atomic E-state index is 12.4. The molecule has 2 fully saturated rings. The van der Waals surface area contributed by atoms with Gasteiger partial charge in [-0.25, -0.2) is 9.97 Å². The molecular formula is C19H32IN7O. The molecule has 1 aromatic heterocycles. The minimum atomic E-state index is 0. The maximum Gasteiger partial charge on any atom is 0.225 e. The summed E-state index contributed by atoms with van der Waals surface area (Å²) in [4.78, 5) is 29.3. The molecule has 1 aliphatic carbocycles. The second-order valence-electron chi connectivity index (χ2n) is 7.27. The Morgan fingerprint density at radius 2 is 1.75 bits per heavy atom. The highest BCUT2D eigenvalue weighted by molar-refractivity contribution is 14.0. The van der Waals surface area contributed by atoms with Gasteiger partial charge in [-0.15, -0.1) is 24.0 Å². The smallest absolute Gasteiger partial charge is 0.225 e. The van der Waals surface area contributed by atoms with Crippen molar-refractivity contribution in [2.75, 3.05) is 37.6 Å². The zero-order valence-corrected chi connectivity index (χ0v) is 18.8. The first-order valence-corrected chi connectivity index (χ1v) is 10.1. The molecule has 1 aliphatic heterocycles. The topological polar surface area (TPSA) is 99.7 Å². The summed E-state index contributed by atoms with van der Waals surface area (Å²) in [5.41, 5.74) is 6.00. The number of nitrogens with zero attached hydrogens (tertiary/aromatic N) is 5. The van der Waals surface area contributed by atoms with Gasteiger partial charge >= 0.3 is 0 Å². The van der Waals surface area contributed by atoms with Gasteiger partial charge in [-0.05, 0) is 18.9 Å². The maximum atomic E-state index is 12.4. The summed E-state index contributed by atoms with van der Waals surface area (Å²) in [6.45, 7) is 3.33. The number of guanidine groups is 1. The number of carbonyl (C=O) groups is 1. The van der Waals surface area contributed by atoms with Crippen molar-refractivity contribution in [2.24, 2.45) is 10.7 Å². The minimum absolute atomic E-state index is 0. The van der Waals surface area contributed by atoms with Gasteiger partial charge in [0.05, 0.1) is 6.54 Å². The molecule has 2 heterocycles. The number of anilines is 1. The molecule has 0 aromatic carbocycles. The van der Waals surface area contributed by atoms with Crippen LogP contribution in [0.4, 0.5) is 5.95 Å². The van der Waals surface area contributed by atoms with Crippen molar-refractivity contribution in [1.29, 1.82) is 0 Å². The second kappa shape index (κ2) is 12.0. The number of rotatable bonds is 5. The fraction of sp³-hybridized carbons (Fsp3) is 0.684. The molecule has 3 N–H and O–H groups in total. The SMILES string of the molecule is I.NC(=NCCC(=O)N1CCN(c2ncccn2)CC1)NC1CCCCCC1. The van der Waals surface area contributed by atoms with Crippen LogP contribution in [0.2, 0.25) is 0 Å². The van der Waals surface area contributed by atoms with E-state index in [1.54, 1.807) is 18.5 Å². The highest BCUT2D eigenvalue weighted by Crippen LogP contribution is 2.17. The summed E-state index contributed by atoms with van der Waals surface area (Å²) >= 11 is 0. The highest BCUT2D eigenvalue weighted by atomic mass is 127. The predicted octanol–water partition coefficient (Wildman–Crippen LogP) is 1.76. The lowest BCUT2D eigenvalue weighted by Crippen LogP contribution is -2.49. The van der Waals surface area contributed by atoms with E-state index in [2.05, 4.69) is 25.2 Å². The van der Waals surface area contributed by atoms with Crippen LogP contribution in [0, 0.1) is 0 Å². The van der Waals surface area contributed by atoms with Crippen LogP contribution in [0.1, 0.15) is 44.9 Å². The van der Waals surface area contributed by atoms with Gasteiger partial charge in [0.25, 0.3) is 0 Å². The lowest BCUT2D eigenvalue weighted by atomic mass is 10.1. The molecule has 0 bridgehead atoms. The Labute approximate surface area is 184 Å². The Hall–Kier alpha value is -1.65. The molecule has 1 saturated carbocycles. The van der Waals surface area contributed by atoms with E-state index < -0.39 is 0 Å². The summed E-state index contributed by atoms with van der Waals surface area (Å²) in [5.74, 6) is 1.34. The van der Waals surface area contributed by atoms with Crippen molar-refractivity contribution in [1.82, 2.24) is 20.2 Å². The Morgan fingerprint density at radius 1 is 1.11 bits per heavy atom. The van der Waals surface area contributed by atoms with E-state index in [0.29, 0.717) is 38.1 Å². The minimum Gasteiger partial charge on any atom is -0.370 e. The Morgan fingerprint density at radius 3 is 2.39 bits per heavy atom. The number of nitrogens with two attached hydrogens (primary N) is 1. The van der Waals surface area contributed by atoms with Gasteiger partial charge < -0.3 is 20.9 Å². The number of piperazine rings is 1. The van der Waals surface area contributed by atoms with Crippen LogP contribution in [0.15, 0.2) is 23.5 Å². The third-order valence-corrected chi connectivity index (χ3v) is 5.28. The molecule has 1 aromatic rings. The molecule has 1 amide bonds. The fourth-order valence-corrected chi connectivity index (χ4v) is 3.72. The van der Waals surface area contributed by atoms with Crippen LogP contribution in [0.5, 0.6) is 0 Å². The van der Waals surface area contributed by atoms with E-state index in [-0.39, 0.29) is 29.9 Å². The van der Waals surface area contributed by atoms with E-state index >= 15 is 0 Å². The third-order valence-electron chi connectivity index (χ3n) is 5.28. The van der Waals surface area contributed by atoms with Crippen LogP contribution in [0.25, 0.3) is 0 Å². The summed E-state index contributed by atoms with van der Waals surface area (Å²) in [6.07, 6.45) is 11.3. The van der Waals surface area contributed by atoms with Crippen LogP contribution in [-0.2, 0) is 4.79 Å². The van der Waals surface area contributed by atoms with Crippen LogP contribution in [0.3, 0.4) is 0 Å². The first-order valence-electron chi connectivity index (χ1n) is 10.1. The molecule has 156 valence electrons. The third kappa shape index (κ3) is 7.06. The van der Waals surface area contributed by atoms with Crippen molar-refractivity contribution < 1.29 is 4.79 Å². The van der Waals surface area contributed by atoms with Crippen molar-refractivity contribution in [3.05, 3.63) is 18.5 Å². The molecule has 8 nitrogen and oxygen atoms in total. The molecule has 28 heavy (non-hydrogen) atoms. The average Bonchev–Trinajstić information content (AvgIpc) is 2.97. The Kier molecular flexibility index (Phi) is 9.72. The molecule has 9 heteroatoms. The lowest BCUT2D eigenvalue weighted by Gasteiger charge is -2.34. The summed E-state index contributed by atoms with van der Waals surface area (Å²) in [6, 6.07) is 2.24.